The minimum absolute atomic E-state index is 0.167. The number of aliphatic carboxylic acids is 1. The van der Waals surface area contributed by atoms with Crippen molar-refractivity contribution in [2.75, 3.05) is 0 Å². The molecule has 0 aliphatic carbocycles. The quantitative estimate of drug-likeness (QED) is 0.849. The van der Waals surface area contributed by atoms with Crippen LogP contribution in [0.3, 0.4) is 0 Å². The lowest BCUT2D eigenvalue weighted by Crippen LogP contribution is -2.32. The maximum absolute atomic E-state index is 10.7. The third-order valence-electron chi connectivity index (χ3n) is 3.04. The van der Waals surface area contributed by atoms with E-state index >= 15 is 0 Å². The van der Waals surface area contributed by atoms with E-state index in [0.29, 0.717) is 5.69 Å². The van der Waals surface area contributed by atoms with Crippen LogP contribution in [0.1, 0.15) is 16.8 Å². The molecule has 1 atom stereocenters. The second-order valence-electron chi connectivity index (χ2n) is 4.57. The molecule has 1 aromatic heterocycles. The molecule has 19 heavy (non-hydrogen) atoms. The van der Waals surface area contributed by atoms with Crippen molar-refractivity contribution in [3.63, 3.8) is 0 Å². The molecule has 1 heterocycles. The van der Waals surface area contributed by atoms with E-state index in [1.807, 2.05) is 32.0 Å². The summed E-state index contributed by atoms with van der Waals surface area (Å²) in [5, 5.41) is 16.7. The highest BCUT2D eigenvalue weighted by atomic mass is 16.4. The Hall–Kier alpha value is -2.21. The van der Waals surface area contributed by atoms with E-state index in [0.717, 1.165) is 11.3 Å². The summed E-state index contributed by atoms with van der Waals surface area (Å²) in [6.45, 7) is 4.06. The molecule has 0 radical (unpaired) electrons. The van der Waals surface area contributed by atoms with Gasteiger partial charge in [0.25, 0.3) is 0 Å². The maximum Gasteiger partial charge on any atom is 0.320 e. The molecule has 0 saturated carbocycles. The number of hydrogen-bond donors (Lipinski definition) is 2. The Bertz CT molecular complexity index is 606. The van der Waals surface area contributed by atoms with Crippen LogP contribution in [0.5, 0.6) is 0 Å². The fraction of sp³-hybridized carbons (Fsp3) is 0.308. The van der Waals surface area contributed by atoms with Crippen LogP contribution in [0, 0.1) is 13.8 Å². The Balaban J connectivity index is 2.20. The summed E-state index contributed by atoms with van der Waals surface area (Å²) in [5.74, 6) is -1.04. The molecule has 6 nitrogen and oxygen atoms in total. The van der Waals surface area contributed by atoms with E-state index in [1.165, 1.54) is 5.56 Å². The molecule has 2 aromatic rings. The highest BCUT2D eigenvalue weighted by molar-refractivity contribution is 5.73. The van der Waals surface area contributed by atoms with E-state index in [9.17, 15) is 4.79 Å². The van der Waals surface area contributed by atoms with Gasteiger partial charge in [-0.3, -0.25) is 4.79 Å². The number of aromatic nitrogens is 3. The smallest absolute Gasteiger partial charge is 0.320 e. The number of carboxylic acid groups (broad SMARTS) is 1. The van der Waals surface area contributed by atoms with Crippen LogP contribution in [-0.4, -0.2) is 32.1 Å². The van der Waals surface area contributed by atoms with Crippen LogP contribution in [0.4, 0.5) is 0 Å². The van der Waals surface area contributed by atoms with E-state index < -0.39 is 12.0 Å². The molecule has 0 spiro atoms. The Morgan fingerprint density at radius 2 is 2.16 bits per heavy atom. The molecule has 1 unspecified atom stereocenters. The van der Waals surface area contributed by atoms with Gasteiger partial charge in [-0.2, -0.15) is 0 Å². The lowest BCUT2D eigenvalue weighted by molar-refractivity contribution is -0.138. The maximum atomic E-state index is 10.7. The SMILES string of the molecule is Cc1ccc(-n2cc(CC(N)C(=O)O)nn2)cc1C. The molecule has 100 valence electrons. The predicted octanol–water partition coefficient (Wildman–Crippen LogP) is 0.839. The Labute approximate surface area is 110 Å². The average Bonchev–Trinajstić information content (AvgIpc) is 2.81. The first-order valence-electron chi connectivity index (χ1n) is 5.94. The third-order valence-corrected chi connectivity index (χ3v) is 3.04. The van der Waals surface area contributed by atoms with Crippen LogP contribution in [0.15, 0.2) is 24.4 Å². The van der Waals surface area contributed by atoms with E-state index in [1.54, 1.807) is 10.9 Å². The van der Waals surface area contributed by atoms with Gasteiger partial charge in [0.05, 0.1) is 17.6 Å². The van der Waals surface area contributed by atoms with Crippen molar-refractivity contribution in [1.82, 2.24) is 15.0 Å². The summed E-state index contributed by atoms with van der Waals surface area (Å²) >= 11 is 0. The van der Waals surface area contributed by atoms with Gasteiger partial charge in [0, 0.05) is 6.42 Å². The monoisotopic (exact) mass is 260 g/mol. The van der Waals surface area contributed by atoms with Crippen molar-refractivity contribution in [3.05, 3.63) is 41.2 Å². The number of nitrogens with two attached hydrogens (primary N) is 1. The first kappa shape index (κ1) is 13.2. The number of aryl methyl sites for hydroxylation is 2. The van der Waals surface area contributed by atoms with Gasteiger partial charge >= 0.3 is 5.97 Å². The summed E-state index contributed by atoms with van der Waals surface area (Å²) in [7, 11) is 0. The first-order valence-corrected chi connectivity index (χ1v) is 5.94. The summed E-state index contributed by atoms with van der Waals surface area (Å²) in [4.78, 5) is 10.7. The minimum atomic E-state index is -1.04. The lowest BCUT2D eigenvalue weighted by atomic mass is 10.1. The number of rotatable bonds is 4. The van der Waals surface area contributed by atoms with Crippen molar-refractivity contribution in [2.45, 2.75) is 26.3 Å². The third kappa shape index (κ3) is 2.97. The van der Waals surface area contributed by atoms with Crippen molar-refractivity contribution in [2.24, 2.45) is 5.73 Å². The number of carbonyl (C=O) groups is 1. The number of benzene rings is 1. The Morgan fingerprint density at radius 1 is 1.42 bits per heavy atom. The topological polar surface area (TPSA) is 94.0 Å². The summed E-state index contributed by atoms with van der Waals surface area (Å²) in [5.41, 5.74) is 9.29. The molecule has 0 amide bonds. The van der Waals surface area contributed by atoms with Crippen molar-refractivity contribution < 1.29 is 9.90 Å². The molecule has 6 heteroatoms. The zero-order valence-electron chi connectivity index (χ0n) is 10.9. The Kier molecular flexibility index (Phi) is 3.62. The largest absolute Gasteiger partial charge is 0.480 e. The molecule has 0 bridgehead atoms. The standard InChI is InChI=1S/C13H16N4O2/c1-8-3-4-11(5-9(8)2)17-7-10(15-16-17)6-12(14)13(18)19/h3-5,7,12H,6,14H2,1-2H3,(H,18,19). The second-order valence-corrected chi connectivity index (χ2v) is 4.57. The Morgan fingerprint density at radius 3 is 2.79 bits per heavy atom. The van der Waals surface area contributed by atoms with Crippen LogP contribution < -0.4 is 5.73 Å². The number of carboxylic acids is 1. The number of hydrogen-bond acceptors (Lipinski definition) is 4. The van der Waals surface area contributed by atoms with Gasteiger partial charge in [0.1, 0.15) is 6.04 Å². The van der Waals surface area contributed by atoms with Crippen LogP contribution in [-0.2, 0) is 11.2 Å². The first-order chi connectivity index (χ1) is 8.97. The lowest BCUT2D eigenvalue weighted by Gasteiger charge is -2.04. The van der Waals surface area contributed by atoms with Gasteiger partial charge in [0.15, 0.2) is 0 Å². The fourth-order valence-electron chi connectivity index (χ4n) is 1.70. The molecular weight excluding hydrogens is 244 g/mol. The van der Waals surface area contributed by atoms with Gasteiger partial charge in [-0.1, -0.05) is 11.3 Å². The van der Waals surface area contributed by atoms with Gasteiger partial charge in [0.2, 0.25) is 0 Å². The summed E-state index contributed by atoms with van der Waals surface area (Å²) < 4.78 is 1.62. The zero-order chi connectivity index (χ0) is 14.0. The van der Waals surface area contributed by atoms with Crippen molar-refractivity contribution in [3.8, 4) is 5.69 Å². The normalized spacial score (nSPS) is 12.4. The van der Waals surface area contributed by atoms with Crippen LogP contribution in [0.2, 0.25) is 0 Å². The second kappa shape index (κ2) is 5.19. The van der Waals surface area contributed by atoms with Crippen molar-refractivity contribution >= 4 is 5.97 Å². The fourth-order valence-corrected chi connectivity index (χ4v) is 1.70. The van der Waals surface area contributed by atoms with Gasteiger partial charge < -0.3 is 10.8 Å². The highest BCUT2D eigenvalue weighted by Crippen LogP contribution is 2.13. The highest BCUT2D eigenvalue weighted by Gasteiger charge is 2.14. The molecular formula is C13H16N4O2. The van der Waals surface area contributed by atoms with E-state index in [2.05, 4.69) is 10.3 Å². The average molecular weight is 260 g/mol. The molecule has 2 rings (SSSR count). The summed E-state index contributed by atoms with van der Waals surface area (Å²) in [6.07, 6.45) is 1.87. The van der Waals surface area contributed by atoms with Gasteiger partial charge in [-0.05, 0) is 37.1 Å². The molecule has 0 saturated heterocycles. The molecule has 1 aromatic carbocycles. The zero-order valence-corrected chi connectivity index (χ0v) is 10.9. The molecule has 0 aliphatic rings. The molecule has 0 aliphatic heterocycles. The van der Waals surface area contributed by atoms with E-state index in [-0.39, 0.29) is 6.42 Å². The van der Waals surface area contributed by atoms with Crippen LogP contribution in [0.25, 0.3) is 5.69 Å². The number of nitrogens with zero attached hydrogens (tertiary/aromatic N) is 3. The van der Waals surface area contributed by atoms with Crippen molar-refractivity contribution in [1.29, 1.82) is 0 Å². The van der Waals surface area contributed by atoms with E-state index in [4.69, 9.17) is 10.8 Å². The summed E-state index contributed by atoms with van der Waals surface area (Å²) in [6, 6.07) is 5.00. The molecule has 0 fully saturated rings. The van der Waals surface area contributed by atoms with Crippen LogP contribution >= 0.6 is 0 Å². The van der Waals surface area contributed by atoms with Gasteiger partial charge in [-0.15, -0.1) is 5.10 Å². The molecule has 3 N–H and O–H groups in total. The minimum Gasteiger partial charge on any atom is -0.480 e. The predicted molar refractivity (Wildman–Crippen MR) is 70.1 cm³/mol. The van der Waals surface area contributed by atoms with Gasteiger partial charge in [-0.25, -0.2) is 4.68 Å².